The quantitative estimate of drug-likeness (QED) is 0.722. The molecule has 1 atom stereocenters. The molecular formula is C15H21NO3S. The van der Waals surface area contributed by atoms with Gasteiger partial charge in [-0.1, -0.05) is 37.3 Å². The predicted octanol–water partition coefficient (Wildman–Crippen LogP) is 2.33. The van der Waals surface area contributed by atoms with E-state index in [1.165, 1.54) is 24.2 Å². The summed E-state index contributed by atoms with van der Waals surface area (Å²) in [6.45, 7) is 3.28. The minimum absolute atomic E-state index is 0.227. The van der Waals surface area contributed by atoms with Gasteiger partial charge in [-0.2, -0.15) is 11.8 Å². The number of thioether (sulfide) groups is 1. The summed E-state index contributed by atoms with van der Waals surface area (Å²) >= 11 is 1.51. The second-order valence-electron chi connectivity index (χ2n) is 4.83. The number of aryl methyl sites for hydroxylation is 1. The molecule has 0 heterocycles. The first-order valence-corrected chi connectivity index (χ1v) is 7.79. The van der Waals surface area contributed by atoms with E-state index in [1.807, 2.05) is 18.2 Å². The average Bonchev–Trinajstić information content (AvgIpc) is 2.44. The van der Waals surface area contributed by atoms with E-state index < -0.39 is 11.5 Å². The molecular weight excluding hydrogens is 274 g/mol. The maximum atomic E-state index is 11.7. The molecule has 0 radical (unpaired) electrons. The van der Waals surface area contributed by atoms with Crippen LogP contribution in [0.25, 0.3) is 0 Å². The molecule has 1 amide bonds. The first kappa shape index (κ1) is 16.6. The smallest absolute Gasteiger partial charge is 0.329 e. The van der Waals surface area contributed by atoms with Crippen LogP contribution in [0.4, 0.5) is 0 Å². The number of benzene rings is 1. The van der Waals surface area contributed by atoms with Gasteiger partial charge in [0.05, 0.1) is 5.75 Å². The van der Waals surface area contributed by atoms with Crippen molar-refractivity contribution in [2.45, 2.75) is 32.2 Å². The molecule has 0 saturated heterocycles. The van der Waals surface area contributed by atoms with Gasteiger partial charge in [-0.3, -0.25) is 4.79 Å². The molecule has 1 rings (SSSR count). The number of carbonyl (C=O) groups is 2. The van der Waals surface area contributed by atoms with Crippen molar-refractivity contribution in [1.82, 2.24) is 5.32 Å². The minimum atomic E-state index is -1.17. The molecule has 5 heteroatoms. The van der Waals surface area contributed by atoms with Crippen LogP contribution in [0.5, 0.6) is 0 Å². The fourth-order valence-corrected chi connectivity index (χ4v) is 2.42. The van der Waals surface area contributed by atoms with Gasteiger partial charge in [-0.25, -0.2) is 4.79 Å². The van der Waals surface area contributed by atoms with Gasteiger partial charge in [0.2, 0.25) is 5.91 Å². The Balaban J connectivity index is 2.28. The van der Waals surface area contributed by atoms with Gasteiger partial charge in [0.1, 0.15) is 5.54 Å². The van der Waals surface area contributed by atoms with Crippen molar-refractivity contribution in [1.29, 1.82) is 0 Å². The molecule has 0 aliphatic heterocycles. The summed E-state index contributed by atoms with van der Waals surface area (Å²) in [5.41, 5.74) is 0.0706. The maximum absolute atomic E-state index is 11.7. The van der Waals surface area contributed by atoms with Crippen LogP contribution in [-0.4, -0.2) is 34.0 Å². The van der Waals surface area contributed by atoms with Crippen LogP contribution in [0.1, 0.15) is 25.8 Å². The zero-order chi connectivity index (χ0) is 15.0. The lowest BCUT2D eigenvalue weighted by molar-refractivity contribution is -0.146. The summed E-state index contributed by atoms with van der Waals surface area (Å²) in [6.07, 6.45) is 1.27. The number of carbonyl (C=O) groups excluding carboxylic acids is 1. The van der Waals surface area contributed by atoms with Crippen LogP contribution < -0.4 is 5.32 Å². The Kier molecular flexibility index (Phi) is 6.58. The highest BCUT2D eigenvalue weighted by atomic mass is 32.2. The molecule has 1 aromatic rings. The molecule has 4 nitrogen and oxygen atoms in total. The third-order valence-corrected chi connectivity index (χ3v) is 4.16. The van der Waals surface area contributed by atoms with Crippen molar-refractivity contribution in [2.75, 3.05) is 11.5 Å². The number of carboxylic acid groups (broad SMARTS) is 1. The molecule has 1 aromatic carbocycles. The Labute approximate surface area is 124 Å². The summed E-state index contributed by atoms with van der Waals surface area (Å²) in [4.78, 5) is 22.8. The number of rotatable bonds is 8. The third kappa shape index (κ3) is 5.25. The largest absolute Gasteiger partial charge is 0.480 e. The highest BCUT2D eigenvalue weighted by Crippen LogP contribution is 2.11. The standard InChI is InChI=1S/C15H21NO3S/c1-3-15(2,14(18)19)16-13(17)11-20-10-9-12-7-5-4-6-8-12/h4-8H,3,9-11H2,1-2H3,(H,16,17)(H,18,19). The lowest BCUT2D eigenvalue weighted by Gasteiger charge is -2.24. The Bertz CT molecular complexity index is 450. The van der Waals surface area contributed by atoms with E-state index in [4.69, 9.17) is 5.11 Å². The van der Waals surface area contributed by atoms with Crippen LogP contribution in [0.3, 0.4) is 0 Å². The van der Waals surface area contributed by atoms with Crippen LogP contribution >= 0.6 is 11.8 Å². The van der Waals surface area contributed by atoms with Crippen molar-refractivity contribution in [3.8, 4) is 0 Å². The van der Waals surface area contributed by atoms with Crippen molar-refractivity contribution >= 4 is 23.6 Å². The van der Waals surface area contributed by atoms with Gasteiger partial charge < -0.3 is 10.4 Å². The minimum Gasteiger partial charge on any atom is -0.480 e. The van der Waals surface area contributed by atoms with E-state index in [0.29, 0.717) is 6.42 Å². The van der Waals surface area contributed by atoms with E-state index >= 15 is 0 Å². The highest BCUT2D eigenvalue weighted by molar-refractivity contribution is 7.99. The highest BCUT2D eigenvalue weighted by Gasteiger charge is 2.32. The first-order chi connectivity index (χ1) is 9.48. The Morgan fingerprint density at radius 3 is 2.50 bits per heavy atom. The van der Waals surface area contributed by atoms with Gasteiger partial charge in [0.15, 0.2) is 0 Å². The molecule has 110 valence electrons. The molecule has 0 aliphatic rings. The molecule has 1 unspecified atom stereocenters. The number of hydrogen-bond acceptors (Lipinski definition) is 3. The molecule has 0 spiro atoms. The normalized spacial score (nSPS) is 13.5. The van der Waals surface area contributed by atoms with Gasteiger partial charge in [0.25, 0.3) is 0 Å². The van der Waals surface area contributed by atoms with Crippen molar-refractivity contribution in [3.05, 3.63) is 35.9 Å². The molecule has 0 aliphatic carbocycles. The van der Waals surface area contributed by atoms with Crippen LogP contribution in [0.15, 0.2) is 30.3 Å². The van der Waals surface area contributed by atoms with E-state index in [-0.39, 0.29) is 11.7 Å². The van der Waals surface area contributed by atoms with Gasteiger partial charge in [-0.05, 0) is 31.1 Å². The lowest BCUT2D eigenvalue weighted by Crippen LogP contribution is -2.52. The fourth-order valence-electron chi connectivity index (χ4n) is 1.64. The molecule has 0 fully saturated rings. The molecule has 20 heavy (non-hydrogen) atoms. The summed E-state index contributed by atoms with van der Waals surface area (Å²) in [5, 5.41) is 11.7. The topological polar surface area (TPSA) is 66.4 Å². The SMILES string of the molecule is CCC(C)(NC(=O)CSCCc1ccccc1)C(=O)O. The fraction of sp³-hybridized carbons (Fsp3) is 0.467. The summed E-state index contributed by atoms with van der Waals surface area (Å²) in [5.74, 6) is -0.0966. The second kappa shape index (κ2) is 7.94. The zero-order valence-electron chi connectivity index (χ0n) is 11.9. The van der Waals surface area contributed by atoms with Gasteiger partial charge in [-0.15, -0.1) is 0 Å². The average molecular weight is 295 g/mol. The zero-order valence-corrected chi connectivity index (χ0v) is 12.7. The van der Waals surface area contributed by atoms with E-state index in [2.05, 4.69) is 17.4 Å². The summed E-state index contributed by atoms with van der Waals surface area (Å²) in [6, 6.07) is 10.1. The van der Waals surface area contributed by atoms with Gasteiger partial charge >= 0.3 is 5.97 Å². The monoisotopic (exact) mass is 295 g/mol. The van der Waals surface area contributed by atoms with Crippen LogP contribution in [0, 0.1) is 0 Å². The van der Waals surface area contributed by atoms with E-state index in [9.17, 15) is 9.59 Å². The third-order valence-electron chi connectivity index (χ3n) is 3.21. The predicted molar refractivity (Wildman–Crippen MR) is 81.9 cm³/mol. The summed E-state index contributed by atoms with van der Waals surface area (Å²) in [7, 11) is 0. The second-order valence-corrected chi connectivity index (χ2v) is 5.93. The molecule has 0 aromatic heterocycles. The van der Waals surface area contributed by atoms with Crippen molar-refractivity contribution in [3.63, 3.8) is 0 Å². The Morgan fingerprint density at radius 1 is 1.30 bits per heavy atom. The van der Waals surface area contributed by atoms with Crippen LogP contribution in [0.2, 0.25) is 0 Å². The van der Waals surface area contributed by atoms with Crippen molar-refractivity contribution < 1.29 is 14.7 Å². The molecule has 2 N–H and O–H groups in total. The van der Waals surface area contributed by atoms with E-state index in [0.717, 1.165) is 12.2 Å². The van der Waals surface area contributed by atoms with Crippen molar-refractivity contribution in [2.24, 2.45) is 0 Å². The maximum Gasteiger partial charge on any atom is 0.329 e. The van der Waals surface area contributed by atoms with Crippen LogP contribution in [-0.2, 0) is 16.0 Å². The lowest BCUT2D eigenvalue weighted by atomic mass is 9.99. The van der Waals surface area contributed by atoms with Gasteiger partial charge in [0, 0.05) is 0 Å². The molecule has 0 saturated carbocycles. The number of hydrogen-bond donors (Lipinski definition) is 2. The number of amides is 1. The molecule has 0 bridgehead atoms. The number of nitrogens with one attached hydrogen (secondary N) is 1. The number of carboxylic acids is 1. The van der Waals surface area contributed by atoms with E-state index in [1.54, 1.807) is 6.92 Å². The number of aliphatic carboxylic acids is 1. The Hall–Kier alpha value is -1.49. The Morgan fingerprint density at radius 2 is 1.95 bits per heavy atom. The summed E-state index contributed by atoms with van der Waals surface area (Å²) < 4.78 is 0. The first-order valence-electron chi connectivity index (χ1n) is 6.64.